The van der Waals surface area contributed by atoms with Crippen LogP contribution in [0.1, 0.15) is 41.3 Å². The molecule has 1 N–H and O–H groups in total. The third kappa shape index (κ3) is 2.78. The highest BCUT2D eigenvalue weighted by atomic mass is 35.5. The van der Waals surface area contributed by atoms with Crippen LogP contribution in [0.4, 0.5) is 0 Å². The summed E-state index contributed by atoms with van der Waals surface area (Å²) in [5, 5.41) is 14.9. The van der Waals surface area contributed by atoms with Crippen LogP contribution in [0.3, 0.4) is 0 Å². The van der Waals surface area contributed by atoms with E-state index in [0.717, 1.165) is 41.8 Å². The third-order valence-corrected chi connectivity index (χ3v) is 4.53. The Morgan fingerprint density at radius 1 is 1.48 bits per heavy atom. The van der Waals surface area contributed by atoms with Gasteiger partial charge in [-0.1, -0.05) is 17.7 Å². The summed E-state index contributed by atoms with van der Waals surface area (Å²) >= 11 is 6.20. The molecule has 0 saturated heterocycles. The largest absolute Gasteiger partial charge is 0.489 e. The molecule has 4 nitrogen and oxygen atoms in total. The predicted octanol–water partition coefficient (Wildman–Crippen LogP) is 3.33. The molecule has 1 aliphatic carbocycles. The van der Waals surface area contributed by atoms with Gasteiger partial charge in [-0.25, -0.2) is 0 Å². The van der Waals surface area contributed by atoms with Gasteiger partial charge in [0.05, 0.1) is 11.8 Å². The van der Waals surface area contributed by atoms with E-state index >= 15 is 0 Å². The van der Waals surface area contributed by atoms with E-state index in [9.17, 15) is 5.11 Å². The average molecular weight is 307 g/mol. The maximum absolute atomic E-state index is 10.1. The number of nitrogens with zero attached hydrogens (tertiary/aromatic N) is 2. The molecular formula is C16H19ClN2O2. The molecule has 1 aromatic carbocycles. The minimum absolute atomic E-state index is 0.374. The standard InChI is InChI=1S/C16H19ClN2O2/c1-10-14(16(17)19(2)18-10)9-21-12-7-6-11-4-3-5-15(20)13(11)8-12/h6-8,15,20H,3-5,9H2,1-2H3/t15-/m0/s1. The van der Waals surface area contributed by atoms with Crippen LogP contribution in [-0.4, -0.2) is 14.9 Å². The summed E-state index contributed by atoms with van der Waals surface area (Å²) in [7, 11) is 1.81. The van der Waals surface area contributed by atoms with Crippen LogP contribution in [0.2, 0.25) is 5.15 Å². The molecule has 1 atom stereocenters. The van der Waals surface area contributed by atoms with E-state index in [1.54, 1.807) is 4.68 Å². The molecule has 0 fully saturated rings. The minimum Gasteiger partial charge on any atom is -0.489 e. The molecule has 0 radical (unpaired) electrons. The summed E-state index contributed by atoms with van der Waals surface area (Å²) in [6.07, 6.45) is 2.52. The van der Waals surface area contributed by atoms with Crippen LogP contribution in [-0.2, 0) is 20.1 Å². The number of aliphatic hydroxyl groups is 1. The van der Waals surface area contributed by atoms with Crippen LogP contribution < -0.4 is 4.74 Å². The van der Waals surface area contributed by atoms with Crippen molar-refractivity contribution in [2.75, 3.05) is 0 Å². The lowest BCUT2D eigenvalue weighted by Gasteiger charge is -2.22. The fourth-order valence-electron chi connectivity index (χ4n) is 2.84. The molecule has 0 saturated carbocycles. The summed E-state index contributed by atoms with van der Waals surface area (Å²) in [4.78, 5) is 0. The molecule has 0 aliphatic heterocycles. The number of benzene rings is 1. The van der Waals surface area contributed by atoms with Gasteiger partial charge in [-0.15, -0.1) is 0 Å². The zero-order chi connectivity index (χ0) is 15.0. The summed E-state index contributed by atoms with van der Waals surface area (Å²) in [6.45, 7) is 2.30. The van der Waals surface area contributed by atoms with E-state index in [4.69, 9.17) is 16.3 Å². The zero-order valence-corrected chi connectivity index (χ0v) is 13.0. The average Bonchev–Trinajstić information content (AvgIpc) is 2.71. The summed E-state index contributed by atoms with van der Waals surface area (Å²) in [5.41, 5.74) is 3.99. The quantitative estimate of drug-likeness (QED) is 0.946. The van der Waals surface area contributed by atoms with E-state index in [-0.39, 0.29) is 6.10 Å². The molecule has 0 amide bonds. The SMILES string of the molecule is Cc1nn(C)c(Cl)c1COc1ccc2c(c1)[C@@H](O)CCC2. The number of ether oxygens (including phenoxy) is 1. The van der Waals surface area contributed by atoms with Crippen molar-refractivity contribution in [2.45, 2.75) is 38.9 Å². The van der Waals surface area contributed by atoms with E-state index in [2.05, 4.69) is 5.10 Å². The van der Waals surface area contributed by atoms with Crippen molar-refractivity contribution < 1.29 is 9.84 Å². The highest BCUT2D eigenvalue weighted by molar-refractivity contribution is 6.30. The van der Waals surface area contributed by atoms with Gasteiger partial charge in [-0.2, -0.15) is 5.10 Å². The number of hydrogen-bond donors (Lipinski definition) is 1. The number of hydrogen-bond acceptors (Lipinski definition) is 3. The molecule has 3 rings (SSSR count). The first-order chi connectivity index (χ1) is 10.1. The molecule has 2 aromatic rings. The first-order valence-corrected chi connectivity index (χ1v) is 7.55. The molecule has 112 valence electrons. The molecule has 5 heteroatoms. The molecule has 0 bridgehead atoms. The summed E-state index contributed by atoms with van der Waals surface area (Å²) in [5.74, 6) is 0.758. The van der Waals surface area contributed by atoms with Crippen LogP contribution in [0.25, 0.3) is 0 Å². The number of rotatable bonds is 3. The van der Waals surface area contributed by atoms with Crippen molar-refractivity contribution in [1.29, 1.82) is 0 Å². The smallest absolute Gasteiger partial charge is 0.133 e. The fraction of sp³-hybridized carbons (Fsp3) is 0.438. The van der Waals surface area contributed by atoms with Gasteiger partial charge in [0.15, 0.2) is 0 Å². The fourth-order valence-corrected chi connectivity index (χ4v) is 3.06. The lowest BCUT2D eigenvalue weighted by atomic mass is 9.89. The van der Waals surface area contributed by atoms with Crippen molar-refractivity contribution in [1.82, 2.24) is 9.78 Å². The number of aryl methyl sites for hydroxylation is 3. The topological polar surface area (TPSA) is 47.3 Å². The molecular weight excluding hydrogens is 288 g/mol. The van der Waals surface area contributed by atoms with Gasteiger partial charge < -0.3 is 9.84 Å². The Bertz CT molecular complexity index is 667. The Morgan fingerprint density at radius 3 is 3.00 bits per heavy atom. The Labute approximate surface area is 129 Å². The highest BCUT2D eigenvalue weighted by Crippen LogP contribution is 2.32. The first kappa shape index (κ1) is 14.4. The molecule has 1 aliphatic rings. The molecule has 1 aromatic heterocycles. The van der Waals surface area contributed by atoms with Crippen molar-refractivity contribution in [3.05, 3.63) is 45.7 Å². The Hall–Kier alpha value is -1.52. The normalized spacial score (nSPS) is 17.6. The number of halogens is 1. The van der Waals surface area contributed by atoms with E-state index in [0.29, 0.717) is 11.8 Å². The minimum atomic E-state index is -0.374. The van der Waals surface area contributed by atoms with Crippen molar-refractivity contribution in [3.63, 3.8) is 0 Å². The summed E-state index contributed by atoms with van der Waals surface area (Å²) < 4.78 is 7.48. The van der Waals surface area contributed by atoms with Gasteiger partial charge in [0.25, 0.3) is 0 Å². The van der Waals surface area contributed by atoms with Gasteiger partial charge in [0, 0.05) is 12.6 Å². The maximum atomic E-state index is 10.1. The molecule has 0 unspecified atom stereocenters. The lowest BCUT2D eigenvalue weighted by Crippen LogP contribution is -2.09. The molecule has 0 spiro atoms. The Kier molecular flexibility index (Phi) is 3.91. The first-order valence-electron chi connectivity index (χ1n) is 7.18. The summed E-state index contributed by atoms with van der Waals surface area (Å²) in [6, 6.07) is 5.94. The Morgan fingerprint density at radius 2 is 2.29 bits per heavy atom. The van der Waals surface area contributed by atoms with E-state index in [1.165, 1.54) is 5.56 Å². The lowest BCUT2D eigenvalue weighted by molar-refractivity contribution is 0.156. The van der Waals surface area contributed by atoms with Gasteiger partial charge in [-0.3, -0.25) is 4.68 Å². The van der Waals surface area contributed by atoms with Crippen LogP contribution in [0.15, 0.2) is 18.2 Å². The number of aliphatic hydroxyl groups excluding tert-OH is 1. The van der Waals surface area contributed by atoms with Gasteiger partial charge in [0.1, 0.15) is 17.5 Å². The van der Waals surface area contributed by atoms with Crippen LogP contribution >= 0.6 is 11.6 Å². The van der Waals surface area contributed by atoms with Gasteiger partial charge in [0.2, 0.25) is 0 Å². The zero-order valence-electron chi connectivity index (χ0n) is 12.3. The van der Waals surface area contributed by atoms with E-state index in [1.807, 2.05) is 32.2 Å². The Balaban J connectivity index is 1.78. The number of fused-ring (bicyclic) bond motifs is 1. The van der Waals surface area contributed by atoms with Gasteiger partial charge in [-0.05, 0) is 49.4 Å². The van der Waals surface area contributed by atoms with Crippen LogP contribution in [0, 0.1) is 6.92 Å². The predicted molar refractivity (Wildman–Crippen MR) is 81.6 cm³/mol. The van der Waals surface area contributed by atoms with E-state index < -0.39 is 0 Å². The van der Waals surface area contributed by atoms with Crippen molar-refractivity contribution in [2.24, 2.45) is 7.05 Å². The van der Waals surface area contributed by atoms with Crippen molar-refractivity contribution in [3.8, 4) is 5.75 Å². The van der Waals surface area contributed by atoms with Crippen molar-refractivity contribution >= 4 is 11.6 Å². The molecule has 21 heavy (non-hydrogen) atoms. The molecule has 1 heterocycles. The second-order valence-electron chi connectivity index (χ2n) is 5.54. The number of aromatic nitrogens is 2. The third-order valence-electron chi connectivity index (χ3n) is 4.05. The highest BCUT2D eigenvalue weighted by Gasteiger charge is 2.19. The second kappa shape index (κ2) is 5.70. The monoisotopic (exact) mass is 306 g/mol. The van der Waals surface area contributed by atoms with Gasteiger partial charge >= 0.3 is 0 Å². The second-order valence-corrected chi connectivity index (χ2v) is 5.89. The maximum Gasteiger partial charge on any atom is 0.133 e. The van der Waals surface area contributed by atoms with Crippen LogP contribution in [0.5, 0.6) is 5.75 Å².